The van der Waals surface area contributed by atoms with E-state index in [1.165, 1.54) is 53.2 Å². The molecule has 3 nitrogen and oxygen atoms in total. The van der Waals surface area contributed by atoms with Gasteiger partial charge in [-0.05, 0) is 52.1 Å². The van der Waals surface area contributed by atoms with Gasteiger partial charge in [0.2, 0.25) is 5.95 Å². The van der Waals surface area contributed by atoms with Crippen molar-refractivity contribution in [2.45, 2.75) is 0 Å². The van der Waals surface area contributed by atoms with Crippen LogP contribution in [0.1, 0.15) is 0 Å². The van der Waals surface area contributed by atoms with E-state index in [-0.39, 0.29) is 0 Å². The van der Waals surface area contributed by atoms with Gasteiger partial charge < -0.3 is 0 Å². The van der Waals surface area contributed by atoms with Crippen LogP contribution in [0.2, 0.25) is 0 Å². The molecule has 0 spiro atoms. The molecule has 10 rings (SSSR count). The van der Waals surface area contributed by atoms with Crippen LogP contribution in [0.3, 0.4) is 0 Å². The highest BCUT2D eigenvalue weighted by molar-refractivity contribution is 7.25. The van der Waals surface area contributed by atoms with E-state index in [0.29, 0.717) is 5.95 Å². The van der Waals surface area contributed by atoms with Gasteiger partial charge in [-0.1, -0.05) is 109 Å². The number of rotatable bonds is 1. The summed E-state index contributed by atoms with van der Waals surface area (Å²) in [7, 11) is 0. The highest BCUT2D eigenvalue weighted by atomic mass is 32.1. The summed E-state index contributed by atoms with van der Waals surface area (Å²) < 4.78 is 4.85. The van der Waals surface area contributed by atoms with Crippen LogP contribution < -0.4 is 0 Å². The van der Waals surface area contributed by atoms with Crippen LogP contribution in [0.5, 0.6) is 0 Å². The Morgan fingerprint density at radius 2 is 1.00 bits per heavy atom. The number of nitrogens with zero attached hydrogens (tertiary/aromatic N) is 3. The molecule has 1 aliphatic rings. The van der Waals surface area contributed by atoms with Gasteiger partial charge in [0.05, 0.1) is 16.7 Å². The maximum absolute atomic E-state index is 5.46. The summed E-state index contributed by atoms with van der Waals surface area (Å²) in [6, 6.07) is 47.9. The van der Waals surface area contributed by atoms with Crippen molar-refractivity contribution >= 4 is 53.3 Å². The first kappa shape index (κ1) is 23.9. The Labute approximate surface area is 257 Å². The minimum atomic E-state index is 0.676. The molecule has 0 amide bonds. The quantitative estimate of drug-likeness (QED) is 0.194. The zero-order chi connectivity index (χ0) is 28.8. The maximum atomic E-state index is 5.46. The lowest BCUT2D eigenvalue weighted by Crippen LogP contribution is -2.05. The van der Waals surface area contributed by atoms with E-state index in [1.807, 2.05) is 17.5 Å². The zero-order valence-corrected chi connectivity index (χ0v) is 24.3. The number of fused-ring (bicyclic) bond motifs is 14. The van der Waals surface area contributed by atoms with Crippen LogP contribution in [0.4, 0.5) is 0 Å². The summed E-state index contributed by atoms with van der Waals surface area (Å²) in [4.78, 5) is 10.6. The van der Waals surface area contributed by atoms with Crippen molar-refractivity contribution in [1.29, 1.82) is 0 Å². The zero-order valence-electron chi connectivity index (χ0n) is 23.5. The van der Waals surface area contributed by atoms with Crippen LogP contribution in [0, 0.1) is 0 Å². The lowest BCUT2D eigenvalue weighted by Gasteiger charge is -2.22. The van der Waals surface area contributed by atoms with Gasteiger partial charge in [-0.15, -0.1) is 11.3 Å². The second-order valence-corrected chi connectivity index (χ2v) is 12.5. The normalized spacial score (nSPS) is 12.1. The summed E-state index contributed by atoms with van der Waals surface area (Å²) in [5.41, 5.74) is 11.3. The molecule has 0 bridgehead atoms. The van der Waals surface area contributed by atoms with E-state index in [9.17, 15) is 0 Å². The number of hydrogen-bond donors (Lipinski definition) is 0. The number of aromatic nitrogens is 3. The lowest BCUT2D eigenvalue weighted by molar-refractivity contribution is 0.994. The first-order valence-electron chi connectivity index (χ1n) is 14.8. The van der Waals surface area contributed by atoms with Crippen LogP contribution in [0.15, 0.2) is 140 Å². The second-order valence-electron chi connectivity index (χ2n) is 11.4. The second kappa shape index (κ2) is 8.96. The standard InChI is InChI=1S/C40H23N3S/c1-2-12-25-24(11-1)26-13-3-4-15-28(26)34-23-41-40(42-39(34)31-18-6-5-14-27(25)31)43-35-19-9-7-16-29(35)32-22-38-33(21-36(32)43)30-17-8-10-20-37(30)44-38/h1-23H. The highest BCUT2D eigenvalue weighted by Crippen LogP contribution is 2.47. The summed E-state index contributed by atoms with van der Waals surface area (Å²) in [6.07, 6.45) is 2.03. The Morgan fingerprint density at radius 3 is 1.73 bits per heavy atom. The molecule has 4 heteroatoms. The van der Waals surface area contributed by atoms with Crippen molar-refractivity contribution < 1.29 is 0 Å². The van der Waals surface area contributed by atoms with Crippen LogP contribution in [-0.2, 0) is 0 Å². The molecule has 3 aromatic heterocycles. The third-order valence-corrected chi connectivity index (χ3v) is 10.2. The molecular weight excluding hydrogens is 555 g/mol. The highest BCUT2D eigenvalue weighted by Gasteiger charge is 2.24. The SMILES string of the molecule is c1ccc2c(c1)-c1ccccc1-c1cnc(-n3c4ccccc4c4cc5sc6ccccc6c5cc43)nc1-c1ccccc1-2. The van der Waals surface area contributed by atoms with E-state index in [4.69, 9.17) is 9.97 Å². The van der Waals surface area contributed by atoms with Crippen LogP contribution >= 0.6 is 11.3 Å². The Bertz CT molecular complexity index is 2620. The third kappa shape index (κ3) is 3.26. The number of thiophene rings is 1. The van der Waals surface area contributed by atoms with Crippen molar-refractivity contribution in [3.8, 4) is 50.6 Å². The molecule has 1 aliphatic carbocycles. The summed E-state index contributed by atoms with van der Waals surface area (Å²) >= 11 is 1.85. The Balaban J connectivity index is 1.32. The molecule has 6 aromatic carbocycles. The fourth-order valence-electron chi connectivity index (χ4n) is 7.12. The molecule has 0 unspecified atom stereocenters. The fourth-order valence-corrected chi connectivity index (χ4v) is 8.24. The third-order valence-electron chi connectivity index (χ3n) is 9.05. The molecule has 0 saturated carbocycles. The fraction of sp³-hybridized carbons (Fsp3) is 0. The van der Waals surface area contributed by atoms with Crippen molar-refractivity contribution in [1.82, 2.24) is 14.5 Å². The minimum Gasteiger partial charge on any atom is -0.278 e. The Morgan fingerprint density at radius 1 is 0.432 bits per heavy atom. The van der Waals surface area contributed by atoms with Crippen LogP contribution in [0.25, 0.3) is 92.6 Å². The van der Waals surface area contributed by atoms with Gasteiger partial charge in [-0.25, -0.2) is 9.97 Å². The molecular formula is C40H23N3S. The molecule has 0 fully saturated rings. The first-order valence-corrected chi connectivity index (χ1v) is 15.7. The average molecular weight is 578 g/mol. The van der Waals surface area contributed by atoms with Crippen molar-refractivity contribution in [3.63, 3.8) is 0 Å². The molecule has 44 heavy (non-hydrogen) atoms. The number of para-hydroxylation sites is 1. The van der Waals surface area contributed by atoms with Gasteiger partial charge >= 0.3 is 0 Å². The van der Waals surface area contributed by atoms with Gasteiger partial charge in [0.25, 0.3) is 0 Å². The maximum Gasteiger partial charge on any atom is 0.235 e. The van der Waals surface area contributed by atoms with Crippen molar-refractivity contribution in [3.05, 3.63) is 140 Å². The molecule has 0 aliphatic heterocycles. The largest absolute Gasteiger partial charge is 0.278 e. The van der Waals surface area contributed by atoms with Gasteiger partial charge in [0, 0.05) is 48.3 Å². The average Bonchev–Trinajstić information content (AvgIpc) is 3.61. The predicted molar refractivity (Wildman–Crippen MR) is 185 cm³/mol. The summed E-state index contributed by atoms with van der Waals surface area (Å²) in [6.45, 7) is 0. The lowest BCUT2D eigenvalue weighted by atomic mass is 9.83. The Hall–Kier alpha value is -5.58. The molecule has 3 heterocycles. The van der Waals surface area contributed by atoms with Gasteiger partial charge in [-0.3, -0.25) is 4.57 Å². The van der Waals surface area contributed by atoms with E-state index in [1.54, 1.807) is 0 Å². The van der Waals surface area contributed by atoms with E-state index in [2.05, 4.69) is 138 Å². The van der Waals surface area contributed by atoms with E-state index >= 15 is 0 Å². The van der Waals surface area contributed by atoms with Gasteiger partial charge in [0.1, 0.15) is 0 Å². The first-order chi connectivity index (χ1) is 21.8. The molecule has 0 atom stereocenters. The molecule has 0 radical (unpaired) electrons. The van der Waals surface area contributed by atoms with Crippen molar-refractivity contribution in [2.24, 2.45) is 0 Å². The number of hydrogen-bond acceptors (Lipinski definition) is 3. The monoisotopic (exact) mass is 577 g/mol. The molecule has 9 aromatic rings. The van der Waals surface area contributed by atoms with Gasteiger partial charge in [-0.2, -0.15) is 0 Å². The summed E-state index contributed by atoms with van der Waals surface area (Å²) in [5.74, 6) is 0.676. The topological polar surface area (TPSA) is 30.7 Å². The molecule has 0 saturated heterocycles. The van der Waals surface area contributed by atoms with E-state index < -0.39 is 0 Å². The summed E-state index contributed by atoms with van der Waals surface area (Å²) in [5, 5.41) is 4.98. The minimum absolute atomic E-state index is 0.676. The van der Waals surface area contributed by atoms with Crippen LogP contribution in [-0.4, -0.2) is 14.5 Å². The van der Waals surface area contributed by atoms with Crippen molar-refractivity contribution in [2.75, 3.05) is 0 Å². The van der Waals surface area contributed by atoms with Gasteiger partial charge in [0.15, 0.2) is 0 Å². The Kier molecular flexibility index (Phi) is 4.87. The smallest absolute Gasteiger partial charge is 0.235 e. The molecule has 204 valence electrons. The number of benzene rings is 6. The predicted octanol–water partition coefficient (Wildman–Crippen LogP) is 10.9. The molecule has 0 N–H and O–H groups in total. The van der Waals surface area contributed by atoms with E-state index in [0.717, 1.165) is 33.4 Å².